The van der Waals surface area contributed by atoms with Crippen LogP contribution in [0.2, 0.25) is 0 Å². The van der Waals surface area contributed by atoms with Gasteiger partial charge in [0.25, 0.3) is 0 Å². The number of hydrogen-bond acceptors (Lipinski definition) is 2. The Bertz CT molecular complexity index is 166. The quantitative estimate of drug-likeness (QED) is 0.547. The molecule has 0 saturated carbocycles. The van der Waals surface area contributed by atoms with Crippen LogP contribution >= 0.6 is 31.9 Å². The molecule has 0 atom stereocenters. The van der Waals surface area contributed by atoms with Crippen LogP contribution in [0.1, 0.15) is 25.7 Å². The van der Waals surface area contributed by atoms with Gasteiger partial charge in [-0.25, -0.2) is 0 Å². The molecule has 0 fully saturated rings. The van der Waals surface area contributed by atoms with Crippen molar-refractivity contribution in [3.8, 4) is 0 Å². The van der Waals surface area contributed by atoms with Crippen LogP contribution in [0.3, 0.4) is 0 Å². The Hall–Kier alpha value is 0.1000. The van der Waals surface area contributed by atoms with Crippen LogP contribution in [0.5, 0.6) is 0 Å². The Labute approximate surface area is 101 Å². The lowest BCUT2D eigenvalue weighted by molar-refractivity contribution is -0.118. The van der Waals surface area contributed by atoms with Crippen LogP contribution in [0.25, 0.3) is 0 Å². The third-order valence-corrected chi connectivity index (χ3v) is 2.86. The maximum atomic E-state index is 10.9. The lowest BCUT2D eigenvalue weighted by atomic mass is 10.1. The Kier molecular flexibility index (Phi) is 9.72. The van der Waals surface area contributed by atoms with E-state index in [9.17, 15) is 9.59 Å². The van der Waals surface area contributed by atoms with E-state index in [1.807, 2.05) is 0 Å². The minimum Gasteiger partial charge on any atom is -0.355 e. The molecule has 5 heteroatoms. The van der Waals surface area contributed by atoms with Gasteiger partial charge in [-0.15, -0.1) is 0 Å². The fourth-order valence-corrected chi connectivity index (χ4v) is 1.44. The Balaban J connectivity index is 3.14. The molecule has 0 aliphatic heterocycles. The summed E-state index contributed by atoms with van der Waals surface area (Å²) in [6.07, 6.45) is 3.47. The van der Waals surface area contributed by atoms with Gasteiger partial charge in [-0.05, 0) is 12.8 Å². The minimum absolute atomic E-state index is 0.0153. The molecule has 0 aliphatic carbocycles. The first-order chi connectivity index (χ1) is 6.70. The highest BCUT2D eigenvalue weighted by molar-refractivity contribution is 9.09. The number of Topliss-reactive ketones (excluding diaryl/α,β-unsaturated/α-hetero) is 1. The molecule has 3 nitrogen and oxygen atoms in total. The van der Waals surface area contributed by atoms with Gasteiger partial charge < -0.3 is 5.32 Å². The zero-order valence-electron chi connectivity index (χ0n) is 8.02. The van der Waals surface area contributed by atoms with Crippen LogP contribution in [-0.4, -0.2) is 28.9 Å². The fraction of sp³-hybridized carbons (Fsp3) is 0.778. The van der Waals surface area contributed by atoms with Gasteiger partial charge in [0.2, 0.25) is 5.91 Å². The van der Waals surface area contributed by atoms with Crippen molar-refractivity contribution in [2.24, 2.45) is 0 Å². The number of hydrogen-bond donors (Lipinski definition) is 1. The summed E-state index contributed by atoms with van der Waals surface area (Å²) >= 11 is 6.18. The Morgan fingerprint density at radius 2 is 1.71 bits per heavy atom. The minimum atomic E-state index is 0.0153. The number of halogens is 2. The van der Waals surface area contributed by atoms with Crippen molar-refractivity contribution in [2.45, 2.75) is 25.7 Å². The van der Waals surface area contributed by atoms with Gasteiger partial charge in [0.15, 0.2) is 0 Å². The zero-order chi connectivity index (χ0) is 10.8. The molecule has 0 rings (SSSR count). The first-order valence-electron chi connectivity index (χ1n) is 4.61. The number of nitrogens with one attached hydrogen (secondary N) is 1. The van der Waals surface area contributed by atoms with E-state index in [1.165, 1.54) is 0 Å². The van der Waals surface area contributed by atoms with Gasteiger partial charge in [-0.2, -0.15) is 0 Å². The summed E-state index contributed by atoms with van der Waals surface area (Å²) in [7, 11) is 0. The van der Waals surface area contributed by atoms with Crippen molar-refractivity contribution in [2.75, 3.05) is 17.2 Å². The lowest BCUT2D eigenvalue weighted by Crippen LogP contribution is -2.25. The molecular weight excluding hydrogens is 314 g/mol. The van der Waals surface area contributed by atoms with Crippen LogP contribution in [-0.2, 0) is 9.59 Å². The molecule has 0 aromatic rings. The Morgan fingerprint density at radius 1 is 1.00 bits per heavy atom. The molecule has 0 radical (unpaired) electrons. The summed E-state index contributed by atoms with van der Waals surface area (Å²) in [5.74, 6) is 0.260. The number of carbonyl (C=O) groups excluding carboxylic acids is 2. The summed E-state index contributed by atoms with van der Waals surface area (Å²) in [5, 5.41) is 3.56. The maximum absolute atomic E-state index is 10.9. The van der Waals surface area contributed by atoms with Gasteiger partial charge in [-0.3, -0.25) is 9.59 Å². The number of alkyl halides is 2. The predicted octanol–water partition coefficient (Wildman–Crippen LogP) is 2.02. The SMILES string of the molecule is O=C(CBr)CCCCCNC(=O)CBr. The van der Waals surface area contributed by atoms with Gasteiger partial charge in [0.1, 0.15) is 5.78 Å². The second kappa shape index (κ2) is 9.65. The van der Waals surface area contributed by atoms with E-state index < -0.39 is 0 Å². The third-order valence-electron chi connectivity index (χ3n) is 1.72. The first-order valence-corrected chi connectivity index (χ1v) is 6.85. The van der Waals surface area contributed by atoms with Crippen LogP contribution in [0, 0.1) is 0 Å². The summed E-state index contributed by atoms with van der Waals surface area (Å²) in [6, 6.07) is 0. The van der Waals surface area contributed by atoms with Gasteiger partial charge in [-0.1, -0.05) is 38.3 Å². The van der Waals surface area contributed by atoms with E-state index in [0.29, 0.717) is 23.6 Å². The summed E-state index contributed by atoms with van der Waals surface area (Å²) in [6.45, 7) is 0.701. The third kappa shape index (κ3) is 8.69. The molecule has 1 N–H and O–H groups in total. The molecule has 0 aliphatic rings. The first kappa shape index (κ1) is 14.1. The monoisotopic (exact) mass is 327 g/mol. The lowest BCUT2D eigenvalue weighted by Gasteiger charge is -2.02. The average Bonchev–Trinajstić information content (AvgIpc) is 2.22. The van der Waals surface area contributed by atoms with E-state index in [2.05, 4.69) is 37.2 Å². The topological polar surface area (TPSA) is 46.2 Å². The van der Waals surface area contributed by atoms with Crippen LogP contribution in [0.15, 0.2) is 0 Å². The highest BCUT2D eigenvalue weighted by Gasteiger charge is 1.99. The maximum Gasteiger partial charge on any atom is 0.230 e. The van der Waals surface area contributed by atoms with Gasteiger partial charge >= 0.3 is 0 Å². The fourth-order valence-electron chi connectivity index (χ4n) is 0.966. The normalized spacial score (nSPS) is 9.86. The van der Waals surface area contributed by atoms with Crippen molar-refractivity contribution in [3.63, 3.8) is 0 Å². The molecule has 0 aromatic carbocycles. The van der Waals surface area contributed by atoms with Crippen LogP contribution < -0.4 is 5.32 Å². The van der Waals surface area contributed by atoms with Crippen molar-refractivity contribution >= 4 is 43.6 Å². The van der Waals surface area contributed by atoms with E-state index in [1.54, 1.807) is 0 Å². The second-order valence-electron chi connectivity index (χ2n) is 2.97. The number of ketones is 1. The standard InChI is InChI=1S/C9H15Br2NO2/c10-6-8(13)4-2-1-3-5-12-9(14)7-11/h1-7H2,(H,12,14). The number of amides is 1. The molecule has 0 unspecified atom stereocenters. The molecule has 0 heterocycles. The van der Waals surface area contributed by atoms with Crippen molar-refractivity contribution in [3.05, 3.63) is 0 Å². The molecule has 1 amide bonds. The van der Waals surface area contributed by atoms with E-state index in [4.69, 9.17) is 0 Å². The predicted molar refractivity (Wildman–Crippen MR) is 64.1 cm³/mol. The van der Waals surface area contributed by atoms with Gasteiger partial charge in [0.05, 0.1) is 10.7 Å². The number of unbranched alkanes of at least 4 members (excludes halogenated alkanes) is 2. The molecule has 0 aromatic heterocycles. The second-order valence-corrected chi connectivity index (χ2v) is 4.09. The van der Waals surface area contributed by atoms with E-state index in [-0.39, 0.29) is 11.7 Å². The molecule has 0 spiro atoms. The van der Waals surface area contributed by atoms with Crippen molar-refractivity contribution < 1.29 is 9.59 Å². The molecule has 14 heavy (non-hydrogen) atoms. The average molecular weight is 329 g/mol. The Morgan fingerprint density at radius 3 is 2.29 bits per heavy atom. The highest BCUT2D eigenvalue weighted by Crippen LogP contribution is 2.01. The van der Waals surface area contributed by atoms with Crippen molar-refractivity contribution in [1.29, 1.82) is 0 Å². The van der Waals surface area contributed by atoms with Crippen molar-refractivity contribution in [1.82, 2.24) is 5.32 Å². The zero-order valence-corrected chi connectivity index (χ0v) is 11.2. The molecule has 0 bridgehead atoms. The smallest absolute Gasteiger partial charge is 0.230 e. The number of rotatable bonds is 8. The highest BCUT2D eigenvalue weighted by atomic mass is 79.9. The molecule has 82 valence electrons. The summed E-state index contributed by atoms with van der Waals surface area (Å²) < 4.78 is 0. The largest absolute Gasteiger partial charge is 0.355 e. The van der Waals surface area contributed by atoms with Crippen LogP contribution in [0.4, 0.5) is 0 Å². The van der Waals surface area contributed by atoms with Gasteiger partial charge in [0, 0.05) is 13.0 Å². The van der Waals surface area contributed by atoms with E-state index >= 15 is 0 Å². The molecular formula is C9H15Br2NO2. The summed E-state index contributed by atoms with van der Waals surface area (Å²) in [5.41, 5.74) is 0. The summed E-state index contributed by atoms with van der Waals surface area (Å²) in [4.78, 5) is 21.7. The molecule has 0 saturated heterocycles. The number of carbonyl (C=O) groups is 2. The van der Waals surface area contributed by atoms with E-state index in [0.717, 1.165) is 19.3 Å².